The van der Waals surface area contributed by atoms with E-state index in [0.717, 1.165) is 15.4 Å². The Morgan fingerprint density at radius 2 is 1.90 bits per heavy atom. The first-order valence-electron chi connectivity index (χ1n) is 9.04. The Kier molecular flexibility index (Phi) is 5.06. The van der Waals surface area contributed by atoms with E-state index in [1.54, 1.807) is 30.0 Å². The van der Waals surface area contributed by atoms with Crippen LogP contribution >= 0.6 is 11.8 Å². The smallest absolute Gasteiger partial charge is 0.263 e. The third-order valence-corrected chi connectivity index (χ3v) is 5.53. The van der Waals surface area contributed by atoms with Gasteiger partial charge in [-0.15, -0.1) is 11.8 Å². The Hall–Kier alpha value is -3.20. The first kappa shape index (κ1) is 19.1. The summed E-state index contributed by atoms with van der Waals surface area (Å²) in [5, 5.41) is 11.9. The third-order valence-electron chi connectivity index (χ3n) is 4.81. The van der Waals surface area contributed by atoms with Gasteiger partial charge < -0.3 is 5.32 Å². The van der Waals surface area contributed by atoms with Crippen LogP contribution in [0.3, 0.4) is 0 Å². The summed E-state index contributed by atoms with van der Waals surface area (Å²) in [6.45, 7) is 1.75. The van der Waals surface area contributed by atoms with Gasteiger partial charge in [0.25, 0.3) is 11.8 Å². The molecule has 0 aliphatic carbocycles. The van der Waals surface area contributed by atoms with Gasteiger partial charge in [-0.25, -0.2) is 4.90 Å². The molecule has 4 rings (SSSR count). The normalized spacial score (nSPS) is 20.3. The molecule has 2 aliphatic rings. The van der Waals surface area contributed by atoms with Gasteiger partial charge in [0.05, 0.1) is 5.69 Å². The van der Waals surface area contributed by atoms with Crippen molar-refractivity contribution < 1.29 is 14.4 Å². The minimum absolute atomic E-state index is 0.172. The maximum atomic E-state index is 12.9. The summed E-state index contributed by atoms with van der Waals surface area (Å²) in [4.78, 5) is 40.2. The van der Waals surface area contributed by atoms with Crippen LogP contribution in [0.2, 0.25) is 0 Å². The molecule has 2 aliphatic heterocycles. The van der Waals surface area contributed by atoms with Gasteiger partial charge in [-0.3, -0.25) is 19.4 Å². The van der Waals surface area contributed by atoms with E-state index in [0.29, 0.717) is 11.4 Å². The average Bonchev–Trinajstić information content (AvgIpc) is 3.23. The fourth-order valence-corrected chi connectivity index (χ4v) is 3.81. The van der Waals surface area contributed by atoms with Gasteiger partial charge in [-0.05, 0) is 43.5 Å². The molecule has 0 spiro atoms. The Morgan fingerprint density at radius 3 is 2.62 bits per heavy atom. The molecular weight excluding hydrogens is 390 g/mol. The van der Waals surface area contributed by atoms with Gasteiger partial charge in [-0.2, -0.15) is 5.11 Å². The summed E-state index contributed by atoms with van der Waals surface area (Å²) in [5.74, 6) is -1.19. The van der Waals surface area contributed by atoms with Crippen molar-refractivity contribution in [2.75, 3.05) is 23.0 Å². The Morgan fingerprint density at radius 1 is 1.14 bits per heavy atom. The molecule has 0 aromatic heterocycles. The molecular formula is C20H19N5O3S. The van der Waals surface area contributed by atoms with Crippen LogP contribution in [0.1, 0.15) is 5.56 Å². The third kappa shape index (κ3) is 3.61. The highest BCUT2D eigenvalue weighted by Crippen LogP contribution is 2.31. The van der Waals surface area contributed by atoms with E-state index < -0.39 is 23.9 Å². The minimum Gasteiger partial charge on any atom is -0.324 e. The number of carbonyl (C=O) groups excluding carboxylic acids is 3. The number of nitrogens with zero attached hydrogens (tertiary/aromatic N) is 4. The SMILES string of the molecule is CSc1cccc(NC(=O)CN2N=N[C@@H]3C(=O)N(c4ccc(C)cc4)C(=O)[C@H]32)c1. The maximum Gasteiger partial charge on any atom is 0.263 e. The van der Waals surface area contributed by atoms with E-state index in [1.807, 2.05) is 43.5 Å². The molecule has 148 valence electrons. The molecule has 2 heterocycles. The molecule has 0 radical (unpaired) electrons. The van der Waals surface area contributed by atoms with E-state index in [9.17, 15) is 14.4 Å². The number of hydrogen-bond donors (Lipinski definition) is 1. The van der Waals surface area contributed by atoms with Crippen molar-refractivity contribution in [2.45, 2.75) is 23.9 Å². The number of anilines is 2. The molecule has 2 aromatic rings. The predicted molar refractivity (Wildman–Crippen MR) is 110 cm³/mol. The van der Waals surface area contributed by atoms with Crippen LogP contribution in [0.25, 0.3) is 0 Å². The van der Waals surface area contributed by atoms with Gasteiger partial charge in [0.2, 0.25) is 5.91 Å². The fraction of sp³-hybridized carbons (Fsp3) is 0.250. The van der Waals surface area contributed by atoms with Crippen molar-refractivity contribution in [3.63, 3.8) is 0 Å². The van der Waals surface area contributed by atoms with Crippen molar-refractivity contribution in [1.82, 2.24) is 5.01 Å². The topological polar surface area (TPSA) is 94.4 Å². The summed E-state index contributed by atoms with van der Waals surface area (Å²) in [5.41, 5.74) is 2.18. The van der Waals surface area contributed by atoms with Crippen molar-refractivity contribution in [2.24, 2.45) is 10.3 Å². The number of thioether (sulfide) groups is 1. The van der Waals surface area contributed by atoms with E-state index in [1.165, 1.54) is 5.01 Å². The van der Waals surface area contributed by atoms with Crippen LogP contribution in [-0.4, -0.2) is 47.6 Å². The van der Waals surface area contributed by atoms with Gasteiger partial charge >= 0.3 is 0 Å². The second kappa shape index (κ2) is 7.67. The Balaban J connectivity index is 1.47. The molecule has 9 heteroatoms. The highest BCUT2D eigenvalue weighted by atomic mass is 32.2. The molecule has 2 atom stereocenters. The van der Waals surface area contributed by atoms with Gasteiger partial charge in [-0.1, -0.05) is 29.0 Å². The highest BCUT2D eigenvalue weighted by Gasteiger charge is 2.55. The largest absolute Gasteiger partial charge is 0.324 e. The number of amides is 3. The lowest BCUT2D eigenvalue weighted by Crippen LogP contribution is -2.43. The number of aryl methyl sites for hydroxylation is 1. The molecule has 2 aromatic carbocycles. The summed E-state index contributed by atoms with van der Waals surface area (Å²) < 4.78 is 0. The fourth-order valence-electron chi connectivity index (χ4n) is 3.35. The predicted octanol–water partition coefficient (Wildman–Crippen LogP) is 2.65. The van der Waals surface area contributed by atoms with Crippen LogP contribution in [-0.2, 0) is 14.4 Å². The van der Waals surface area contributed by atoms with Crippen LogP contribution in [0.15, 0.2) is 63.8 Å². The lowest BCUT2D eigenvalue weighted by molar-refractivity contribution is -0.123. The van der Waals surface area contributed by atoms with Crippen LogP contribution in [0, 0.1) is 6.92 Å². The number of fused-ring (bicyclic) bond motifs is 1. The summed E-state index contributed by atoms with van der Waals surface area (Å²) in [6.07, 6.45) is 1.95. The summed E-state index contributed by atoms with van der Waals surface area (Å²) in [7, 11) is 0. The number of carbonyl (C=O) groups is 3. The molecule has 29 heavy (non-hydrogen) atoms. The molecule has 0 bridgehead atoms. The van der Waals surface area contributed by atoms with Gasteiger partial charge in [0.15, 0.2) is 12.1 Å². The number of hydrogen-bond acceptors (Lipinski definition) is 7. The monoisotopic (exact) mass is 409 g/mol. The van der Waals surface area contributed by atoms with E-state index >= 15 is 0 Å². The molecule has 1 N–H and O–H groups in total. The molecule has 3 amide bonds. The minimum atomic E-state index is -0.920. The number of imide groups is 1. The lowest BCUT2D eigenvalue weighted by Gasteiger charge is -2.20. The highest BCUT2D eigenvalue weighted by molar-refractivity contribution is 7.98. The summed E-state index contributed by atoms with van der Waals surface area (Å²) >= 11 is 1.57. The molecule has 1 saturated heterocycles. The molecule has 0 unspecified atom stereocenters. The van der Waals surface area contributed by atoms with Crippen molar-refractivity contribution in [3.8, 4) is 0 Å². The van der Waals surface area contributed by atoms with Crippen molar-refractivity contribution in [3.05, 3.63) is 54.1 Å². The zero-order chi connectivity index (χ0) is 20.5. The van der Waals surface area contributed by atoms with Crippen molar-refractivity contribution >= 4 is 40.9 Å². The number of benzene rings is 2. The lowest BCUT2D eigenvalue weighted by atomic mass is 10.1. The number of nitrogens with one attached hydrogen (secondary N) is 1. The van der Waals surface area contributed by atoms with Gasteiger partial charge in [0, 0.05) is 10.6 Å². The van der Waals surface area contributed by atoms with Crippen molar-refractivity contribution in [1.29, 1.82) is 0 Å². The first-order valence-corrected chi connectivity index (χ1v) is 10.3. The summed E-state index contributed by atoms with van der Waals surface area (Å²) in [6, 6.07) is 12.7. The molecule has 1 fully saturated rings. The van der Waals surface area contributed by atoms with Gasteiger partial charge in [0.1, 0.15) is 6.54 Å². The number of rotatable bonds is 5. The van der Waals surface area contributed by atoms with E-state index in [4.69, 9.17) is 0 Å². The van der Waals surface area contributed by atoms with Crippen LogP contribution < -0.4 is 10.2 Å². The van der Waals surface area contributed by atoms with Crippen LogP contribution in [0.5, 0.6) is 0 Å². The zero-order valence-corrected chi connectivity index (χ0v) is 16.7. The molecule has 8 nitrogen and oxygen atoms in total. The van der Waals surface area contributed by atoms with E-state index in [2.05, 4.69) is 15.7 Å². The average molecular weight is 409 g/mol. The second-order valence-electron chi connectivity index (χ2n) is 6.82. The zero-order valence-electron chi connectivity index (χ0n) is 15.9. The quantitative estimate of drug-likeness (QED) is 0.605. The standard InChI is InChI=1S/C20H19N5O3S/c1-12-6-8-14(9-7-12)25-19(27)17-18(20(25)28)24(23-22-17)11-16(26)21-13-4-3-5-15(10-13)29-2/h3-10,17-18H,11H2,1-2H3,(H,21,26)/t17-,18-/m0/s1. The Labute approximate surface area is 171 Å². The van der Waals surface area contributed by atoms with E-state index in [-0.39, 0.29) is 12.5 Å². The first-order chi connectivity index (χ1) is 14.0. The maximum absolute atomic E-state index is 12.9. The molecule has 0 saturated carbocycles. The second-order valence-corrected chi connectivity index (χ2v) is 7.70. The van der Waals surface area contributed by atoms with Crippen LogP contribution in [0.4, 0.5) is 11.4 Å². The Bertz CT molecular complexity index is 1010.